The number of ether oxygens (including phenoxy) is 1. The van der Waals surface area contributed by atoms with Crippen LogP contribution in [0.15, 0.2) is 18.2 Å². The molecule has 1 amide bonds. The first-order valence-corrected chi connectivity index (χ1v) is 10.1. The predicted octanol–water partition coefficient (Wildman–Crippen LogP) is 3.68. The summed E-state index contributed by atoms with van der Waals surface area (Å²) < 4.78 is 5.98. The van der Waals surface area contributed by atoms with Gasteiger partial charge in [-0.05, 0) is 45.7 Å². The van der Waals surface area contributed by atoms with Gasteiger partial charge >= 0.3 is 5.97 Å². The van der Waals surface area contributed by atoms with E-state index < -0.39 is 11.4 Å². The largest absolute Gasteiger partial charge is 0.492 e. The van der Waals surface area contributed by atoms with Gasteiger partial charge in [-0.1, -0.05) is 25.3 Å². The summed E-state index contributed by atoms with van der Waals surface area (Å²) in [6, 6.07) is 5.49. The first-order chi connectivity index (χ1) is 13.7. The van der Waals surface area contributed by atoms with Crippen molar-refractivity contribution in [1.29, 1.82) is 0 Å². The number of aryl methyl sites for hydroxylation is 1. The fraction of sp³-hybridized carbons (Fsp3) is 0.500. The second-order valence-corrected chi connectivity index (χ2v) is 8.42. The van der Waals surface area contributed by atoms with Gasteiger partial charge < -0.3 is 20.9 Å². The molecule has 29 heavy (non-hydrogen) atoms. The standard InChI is InChI=1S/C22H29N3O4/c1-13-17(20(26)27)19(23)18-15(24-13)10-7-11-16(18)29-12-22(2,3)21(28)25-14-8-5-4-6-9-14/h7,10-11,14H,4-6,8-9,12H2,1-3H3,(H2,23,24)(H,25,28)(H,26,27). The van der Waals surface area contributed by atoms with Gasteiger partial charge in [-0.3, -0.25) is 9.78 Å². The van der Waals surface area contributed by atoms with Gasteiger partial charge in [-0.15, -0.1) is 0 Å². The Labute approximate surface area is 170 Å². The summed E-state index contributed by atoms with van der Waals surface area (Å²) in [6.07, 6.45) is 5.56. The van der Waals surface area contributed by atoms with Crippen LogP contribution in [0, 0.1) is 12.3 Å². The van der Waals surface area contributed by atoms with Crippen LogP contribution in [-0.4, -0.2) is 34.6 Å². The molecule has 156 valence electrons. The Kier molecular flexibility index (Phi) is 5.96. The molecule has 0 aliphatic heterocycles. The molecule has 1 aromatic carbocycles. The number of amides is 1. The highest BCUT2D eigenvalue weighted by molar-refractivity contribution is 6.06. The number of carboxylic acid groups (broad SMARTS) is 1. The fourth-order valence-electron chi connectivity index (χ4n) is 3.78. The second kappa shape index (κ2) is 8.27. The summed E-state index contributed by atoms with van der Waals surface area (Å²) in [5.74, 6) is -0.747. The Bertz CT molecular complexity index is 933. The van der Waals surface area contributed by atoms with Gasteiger partial charge in [0.2, 0.25) is 5.91 Å². The van der Waals surface area contributed by atoms with Crippen molar-refractivity contribution in [2.45, 2.75) is 58.9 Å². The normalized spacial score (nSPS) is 15.3. The molecule has 3 rings (SSSR count). The van der Waals surface area contributed by atoms with E-state index in [1.165, 1.54) is 6.42 Å². The second-order valence-electron chi connectivity index (χ2n) is 8.42. The Balaban J connectivity index is 1.81. The van der Waals surface area contributed by atoms with Crippen molar-refractivity contribution in [2.24, 2.45) is 5.41 Å². The van der Waals surface area contributed by atoms with Crippen LogP contribution in [0.1, 0.15) is 62.0 Å². The number of rotatable bonds is 6. The average Bonchev–Trinajstić information content (AvgIpc) is 2.66. The van der Waals surface area contributed by atoms with Gasteiger partial charge in [-0.25, -0.2) is 4.79 Å². The summed E-state index contributed by atoms with van der Waals surface area (Å²) >= 11 is 0. The lowest BCUT2D eigenvalue weighted by Crippen LogP contribution is -2.46. The number of aromatic nitrogens is 1. The first kappa shape index (κ1) is 20.9. The van der Waals surface area contributed by atoms with Crippen LogP contribution in [0.2, 0.25) is 0 Å². The van der Waals surface area contributed by atoms with E-state index in [2.05, 4.69) is 10.3 Å². The Hall–Kier alpha value is -2.83. The number of carboxylic acids is 1. The van der Waals surface area contributed by atoms with Crippen LogP contribution in [0.4, 0.5) is 5.69 Å². The van der Waals surface area contributed by atoms with Gasteiger partial charge in [0.1, 0.15) is 17.9 Å². The van der Waals surface area contributed by atoms with Crippen LogP contribution < -0.4 is 15.8 Å². The van der Waals surface area contributed by atoms with Crippen molar-refractivity contribution >= 4 is 28.5 Å². The van der Waals surface area contributed by atoms with E-state index in [-0.39, 0.29) is 29.8 Å². The van der Waals surface area contributed by atoms with E-state index in [4.69, 9.17) is 10.5 Å². The highest BCUT2D eigenvalue weighted by Crippen LogP contribution is 2.34. The van der Waals surface area contributed by atoms with Crippen molar-refractivity contribution < 1.29 is 19.4 Å². The molecule has 1 aliphatic carbocycles. The minimum atomic E-state index is -1.13. The van der Waals surface area contributed by atoms with Crippen molar-refractivity contribution in [1.82, 2.24) is 10.3 Å². The van der Waals surface area contributed by atoms with E-state index >= 15 is 0 Å². The van der Waals surface area contributed by atoms with Crippen LogP contribution in [0.5, 0.6) is 5.75 Å². The van der Waals surface area contributed by atoms with Crippen molar-refractivity contribution in [3.05, 3.63) is 29.5 Å². The number of nitrogen functional groups attached to an aromatic ring is 1. The molecule has 7 heteroatoms. The first-order valence-electron chi connectivity index (χ1n) is 10.1. The van der Waals surface area contributed by atoms with E-state index in [0.717, 1.165) is 25.7 Å². The molecule has 0 unspecified atom stereocenters. The molecule has 1 saturated carbocycles. The van der Waals surface area contributed by atoms with Crippen LogP contribution in [-0.2, 0) is 4.79 Å². The zero-order chi connectivity index (χ0) is 21.2. The maximum Gasteiger partial charge on any atom is 0.339 e. The molecule has 1 heterocycles. The molecule has 1 aliphatic rings. The predicted molar refractivity (Wildman–Crippen MR) is 112 cm³/mol. The summed E-state index contributed by atoms with van der Waals surface area (Å²) in [5.41, 5.74) is 6.43. The number of fused-ring (bicyclic) bond motifs is 1. The topological polar surface area (TPSA) is 115 Å². The Morgan fingerprint density at radius 2 is 1.97 bits per heavy atom. The van der Waals surface area contributed by atoms with Gasteiger partial charge in [-0.2, -0.15) is 0 Å². The quantitative estimate of drug-likeness (QED) is 0.683. The third-order valence-electron chi connectivity index (χ3n) is 5.55. The van der Waals surface area contributed by atoms with Crippen LogP contribution >= 0.6 is 0 Å². The minimum absolute atomic E-state index is 0.0251. The number of aromatic carboxylic acids is 1. The van der Waals surface area contributed by atoms with Gasteiger partial charge in [0.15, 0.2) is 0 Å². The molecule has 2 aromatic rings. The van der Waals surface area contributed by atoms with Crippen molar-refractivity contribution in [2.75, 3.05) is 12.3 Å². The molecular weight excluding hydrogens is 370 g/mol. The molecule has 4 N–H and O–H groups in total. The number of hydrogen-bond acceptors (Lipinski definition) is 5. The van der Waals surface area contributed by atoms with Crippen LogP contribution in [0.3, 0.4) is 0 Å². The maximum atomic E-state index is 12.8. The van der Waals surface area contributed by atoms with Gasteiger partial charge in [0.05, 0.1) is 27.7 Å². The number of nitrogens with zero attached hydrogens (tertiary/aromatic N) is 1. The Morgan fingerprint density at radius 3 is 2.62 bits per heavy atom. The average molecular weight is 399 g/mol. The maximum absolute atomic E-state index is 12.8. The molecule has 0 atom stereocenters. The summed E-state index contributed by atoms with van der Waals surface area (Å²) in [4.78, 5) is 28.7. The van der Waals surface area contributed by atoms with E-state index in [1.54, 1.807) is 25.1 Å². The Morgan fingerprint density at radius 1 is 1.28 bits per heavy atom. The number of carbonyl (C=O) groups excluding carboxylic acids is 1. The lowest BCUT2D eigenvalue weighted by molar-refractivity contribution is -0.131. The molecular formula is C22H29N3O4. The van der Waals surface area contributed by atoms with Gasteiger partial charge in [0, 0.05) is 6.04 Å². The number of hydrogen-bond donors (Lipinski definition) is 3. The zero-order valence-corrected chi connectivity index (χ0v) is 17.2. The summed E-state index contributed by atoms with van der Waals surface area (Å²) in [7, 11) is 0. The van der Waals surface area contributed by atoms with E-state index in [1.807, 2.05) is 13.8 Å². The molecule has 0 radical (unpaired) electrons. The lowest BCUT2D eigenvalue weighted by atomic mass is 9.90. The number of nitrogens with one attached hydrogen (secondary N) is 1. The third kappa shape index (κ3) is 4.44. The van der Waals surface area contributed by atoms with E-state index in [9.17, 15) is 14.7 Å². The SMILES string of the molecule is Cc1nc2cccc(OCC(C)(C)C(=O)NC3CCCCC3)c2c(N)c1C(=O)O. The van der Waals surface area contributed by atoms with Gasteiger partial charge in [0.25, 0.3) is 0 Å². The number of carbonyl (C=O) groups is 2. The highest BCUT2D eigenvalue weighted by Gasteiger charge is 2.31. The summed E-state index contributed by atoms with van der Waals surface area (Å²) in [5, 5.41) is 13.1. The van der Waals surface area contributed by atoms with E-state index in [0.29, 0.717) is 22.3 Å². The number of pyridine rings is 1. The molecule has 1 fully saturated rings. The molecule has 7 nitrogen and oxygen atoms in total. The smallest absolute Gasteiger partial charge is 0.339 e. The molecule has 0 spiro atoms. The monoisotopic (exact) mass is 399 g/mol. The lowest BCUT2D eigenvalue weighted by Gasteiger charge is -2.29. The van der Waals surface area contributed by atoms with Crippen molar-refractivity contribution in [3.63, 3.8) is 0 Å². The highest BCUT2D eigenvalue weighted by atomic mass is 16.5. The summed E-state index contributed by atoms with van der Waals surface area (Å²) in [6.45, 7) is 5.43. The van der Waals surface area contributed by atoms with Crippen LogP contribution in [0.25, 0.3) is 10.9 Å². The molecule has 0 saturated heterocycles. The zero-order valence-electron chi connectivity index (χ0n) is 17.2. The number of nitrogens with two attached hydrogens (primary N) is 1. The van der Waals surface area contributed by atoms with Crippen molar-refractivity contribution in [3.8, 4) is 5.75 Å². The number of anilines is 1. The molecule has 1 aromatic heterocycles. The minimum Gasteiger partial charge on any atom is -0.492 e. The molecule has 0 bridgehead atoms. The fourth-order valence-corrected chi connectivity index (χ4v) is 3.78. The number of benzene rings is 1. The third-order valence-corrected chi connectivity index (χ3v) is 5.55.